The van der Waals surface area contributed by atoms with Gasteiger partial charge in [-0.15, -0.1) is 0 Å². The van der Waals surface area contributed by atoms with Crippen LogP contribution in [0, 0.1) is 0 Å². The maximum absolute atomic E-state index is 12.5. The quantitative estimate of drug-likeness (QED) is 0.922. The van der Waals surface area contributed by atoms with E-state index in [1.807, 2.05) is 0 Å². The molecule has 0 aliphatic heterocycles. The molecule has 6 heteroatoms. The van der Waals surface area contributed by atoms with Crippen LogP contribution in [0.1, 0.15) is 18.4 Å². The number of halogens is 3. The van der Waals surface area contributed by atoms with Gasteiger partial charge in [0.25, 0.3) is 0 Å². The van der Waals surface area contributed by atoms with Gasteiger partial charge in [0.05, 0.1) is 5.56 Å². The normalized spacial score (nSPS) is 15.5. The van der Waals surface area contributed by atoms with Crippen LogP contribution in [0.2, 0.25) is 0 Å². The van der Waals surface area contributed by atoms with E-state index in [0.717, 1.165) is 25.0 Å². The van der Waals surface area contributed by atoms with Crippen molar-refractivity contribution in [3.8, 4) is 5.69 Å². The Balaban J connectivity index is 1.87. The summed E-state index contributed by atoms with van der Waals surface area (Å²) in [6.45, 7) is 0. The Kier molecular flexibility index (Phi) is 2.73. The van der Waals surface area contributed by atoms with Crippen LogP contribution in [-0.2, 0) is 6.18 Å². The molecule has 1 aliphatic carbocycles. The molecule has 1 fully saturated rings. The standard InChI is InChI=1S/C13H12F3N3/c14-13(15,16)9-1-5-11(6-2-9)19-8-7-17-12(19)18-10-3-4-10/h1-2,5-8,10H,3-4H2,(H,17,18). The first kappa shape index (κ1) is 12.1. The zero-order valence-electron chi connectivity index (χ0n) is 9.98. The largest absolute Gasteiger partial charge is 0.416 e. The van der Waals surface area contributed by atoms with Gasteiger partial charge < -0.3 is 5.32 Å². The molecule has 0 bridgehead atoms. The van der Waals surface area contributed by atoms with Crippen LogP contribution >= 0.6 is 0 Å². The maximum Gasteiger partial charge on any atom is 0.416 e. The van der Waals surface area contributed by atoms with E-state index in [9.17, 15) is 13.2 Å². The number of nitrogens with zero attached hydrogens (tertiary/aromatic N) is 2. The van der Waals surface area contributed by atoms with E-state index in [1.54, 1.807) is 17.0 Å². The van der Waals surface area contributed by atoms with E-state index in [-0.39, 0.29) is 0 Å². The maximum atomic E-state index is 12.5. The van der Waals surface area contributed by atoms with Gasteiger partial charge in [-0.3, -0.25) is 4.57 Å². The van der Waals surface area contributed by atoms with Crippen LogP contribution in [0.15, 0.2) is 36.7 Å². The van der Waals surface area contributed by atoms with Gasteiger partial charge >= 0.3 is 6.18 Å². The lowest BCUT2D eigenvalue weighted by Gasteiger charge is -2.11. The SMILES string of the molecule is FC(F)(F)c1ccc(-n2ccnc2NC2CC2)cc1. The average molecular weight is 267 g/mol. The van der Waals surface area contributed by atoms with Crippen molar-refractivity contribution < 1.29 is 13.2 Å². The van der Waals surface area contributed by atoms with Crippen molar-refractivity contribution in [1.82, 2.24) is 9.55 Å². The van der Waals surface area contributed by atoms with Crippen LogP contribution in [0.3, 0.4) is 0 Å². The molecule has 3 rings (SSSR count). The summed E-state index contributed by atoms with van der Waals surface area (Å²) in [4.78, 5) is 4.17. The molecule has 2 aromatic rings. The molecule has 19 heavy (non-hydrogen) atoms. The molecule has 100 valence electrons. The van der Waals surface area contributed by atoms with Crippen LogP contribution in [-0.4, -0.2) is 15.6 Å². The molecule has 1 saturated carbocycles. The fourth-order valence-electron chi connectivity index (χ4n) is 1.84. The second-order valence-corrected chi connectivity index (χ2v) is 4.58. The summed E-state index contributed by atoms with van der Waals surface area (Å²) in [6, 6.07) is 5.49. The number of aromatic nitrogens is 2. The van der Waals surface area contributed by atoms with Gasteiger partial charge in [-0.05, 0) is 37.1 Å². The number of rotatable bonds is 3. The fraction of sp³-hybridized carbons (Fsp3) is 0.308. The van der Waals surface area contributed by atoms with Gasteiger partial charge in [0, 0.05) is 24.1 Å². The first-order chi connectivity index (χ1) is 9.04. The Morgan fingerprint density at radius 3 is 2.42 bits per heavy atom. The highest BCUT2D eigenvalue weighted by Crippen LogP contribution is 2.30. The van der Waals surface area contributed by atoms with Crippen LogP contribution < -0.4 is 5.32 Å². The number of nitrogens with one attached hydrogen (secondary N) is 1. The molecule has 1 aromatic heterocycles. The lowest BCUT2D eigenvalue weighted by molar-refractivity contribution is -0.137. The molecule has 3 nitrogen and oxygen atoms in total. The van der Waals surface area contributed by atoms with Crippen LogP contribution in [0.4, 0.5) is 19.1 Å². The van der Waals surface area contributed by atoms with Crippen molar-refractivity contribution in [1.29, 1.82) is 0 Å². The Morgan fingerprint density at radius 2 is 1.84 bits per heavy atom. The molecular weight excluding hydrogens is 255 g/mol. The van der Waals surface area contributed by atoms with E-state index in [1.165, 1.54) is 12.1 Å². The van der Waals surface area contributed by atoms with E-state index in [0.29, 0.717) is 17.7 Å². The monoisotopic (exact) mass is 267 g/mol. The third kappa shape index (κ3) is 2.57. The first-order valence-electron chi connectivity index (χ1n) is 6.01. The van der Waals surface area contributed by atoms with E-state index in [2.05, 4.69) is 10.3 Å². The number of alkyl halides is 3. The van der Waals surface area contributed by atoms with Crippen LogP contribution in [0.25, 0.3) is 5.69 Å². The van der Waals surface area contributed by atoms with Crippen molar-refractivity contribution >= 4 is 5.95 Å². The van der Waals surface area contributed by atoms with Crippen molar-refractivity contribution in [3.63, 3.8) is 0 Å². The summed E-state index contributed by atoms with van der Waals surface area (Å²) in [5.41, 5.74) is 0.0155. The van der Waals surface area contributed by atoms with E-state index in [4.69, 9.17) is 0 Å². The van der Waals surface area contributed by atoms with E-state index < -0.39 is 11.7 Å². The molecule has 0 saturated heterocycles. The minimum Gasteiger partial charge on any atom is -0.353 e. The predicted octanol–water partition coefficient (Wildman–Crippen LogP) is 3.47. The highest BCUT2D eigenvalue weighted by atomic mass is 19.4. The number of hydrogen-bond acceptors (Lipinski definition) is 2. The second kappa shape index (κ2) is 4.29. The first-order valence-corrected chi connectivity index (χ1v) is 6.01. The van der Waals surface area contributed by atoms with Crippen molar-refractivity contribution in [3.05, 3.63) is 42.2 Å². The van der Waals surface area contributed by atoms with Crippen molar-refractivity contribution in [2.75, 3.05) is 5.32 Å². The number of benzene rings is 1. The summed E-state index contributed by atoms with van der Waals surface area (Å²) < 4.78 is 39.2. The zero-order chi connectivity index (χ0) is 13.5. The van der Waals surface area contributed by atoms with Gasteiger partial charge in [0.1, 0.15) is 0 Å². The molecule has 0 unspecified atom stereocenters. The summed E-state index contributed by atoms with van der Waals surface area (Å²) >= 11 is 0. The lowest BCUT2D eigenvalue weighted by atomic mass is 10.2. The van der Waals surface area contributed by atoms with Gasteiger partial charge in [-0.25, -0.2) is 4.98 Å². The molecule has 1 aliphatic rings. The molecule has 1 aromatic carbocycles. The van der Waals surface area contributed by atoms with Gasteiger partial charge in [-0.2, -0.15) is 13.2 Å². The molecular formula is C13H12F3N3. The highest BCUT2D eigenvalue weighted by molar-refractivity contribution is 5.44. The predicted molar refractivity (Wildman–Crippen MR) is 65.2 cm³/mol. The van der Waals surface area contributed by atoms with Crippen molar-refractivity contribution in [2.45, 2.75) is 25.1 Å². The summed E-state index contributed by atoms with van der Waals surface area (Å²) in [5, 5.41) is 3.24. The fourth-order valence-corrected chi connectivity index (χ4v) is 1.84. The van der Waals surface area contributed by atoms with Crippen LogP contribution in [0.5, 0.6) is 0 Å². The Labute approximate surface area is 108 Å². The van der Waals surface area contributed by atoms with Gasteiger partial charge in [0.15, 0.2) is 0 Å². The third-order valence-electron chi connectivity index (χ3n) is 3.02. The molecule has 0 spiro atoms. The smallest absolute Gasteiger partial charge is 0.353 e. The number of hydrogen-bond donors (Lipinski definition) is 1. The summed E-state index contributed by atoms with van der Waals surface area (Å²) in [7, 11) is 0. The Hall–Kier alpha value is -1.98. The molecule has 0 radical (unpaired) electrons. The minimum absolute atomic E-state index is 0.440. The van der Waals surface area contributed by atoms with Gasteiger partial charge in [-0.1, -0.05) is 0 Å². The van der Waals surface area contributed by atoms with E-state index >= 15 is 0 Å². The topological polar surface area (TPSA) is 29.9 Å². The lowest BCUT2D eigenvalue weighted by Crippen LogP contribution is -2.08. The number of anilines is 1. The molecule has 0 amide bonds. The Morgan fingerprint density at radius 1 is 1.16 bits per heavy atom. The zero-order valence-corrected chi connectivity index (χ0v) is 9.98. The second-order valence-electron chi connectivity index (χ2n) is 4.58. The summed E-state index contributed by atoms with van der Waals surface area (Å²) in [5.74, 6) is 0.669. The minimum atomic E-state index is -4.30. The highest BCUT2D eigenvalue weighted by Gasteiger charge is 2.30. The third-order valence-corrected chi connectivity index (χ3v) is 3.02. The Bertz CT molecular complexity index is 568. The number of imidazole rings is 1. The average Bonchev–Trinajstić information content (AvgIpc) is 3.05. The molecule has 1 N–H and O–H groups in total. The van der Waals surface area contributed by atoms with Crippen molar-refractivity contribution in [2.24, 2.45) is 0 Å². The van der Waals surface area contributed by atoms with Gasteiger partial charge in [0.2, 0.25) is 5.95 Å². The molecule has 1 heterocycles. The molecule has 0 atom stereocenters. The summed E-state index contributed by atoms with van der Waals surface area (Å²) in [6.07, 6.45) is 1.28.